The molecule has 0 bridgehead atoms. The fourth-order valence-corrected chi connectivity index (χ4v) is 1.68. The van der Waals surface area contributed by atoms with E-state index in [2.05, 4.69) is 16.9 Å². The SMILES string of the molecule is CCc1ccc(OC)c(-c2ncc(C#N)[nH]2)c1. The highest BCUT2D eigenvalue weighted by molar-refractivity contribution is 5.65. The number of H-pyrrole nitrogens is 1. The zero-order valence-corrected chi connectivity index (χ0v) is 9.82. The quantitative estimate of drug-likeness (QED) is 0.876. The second kappa shape index (κ2) is 4.71. The second-order valence-corrected chi connectivity index (χ2v) is 3.65. The van der Waals surface area contributed by atoms with Crippen LogP contribution in [0.5, 0.6) is 5.75 Å². The number of aryl methyl sites for hydroxylation is 1. The van der Waals surface area contributed by atoms with Crippen LogP contribution in [0, 0.1) is 11.3 Å². The van der Waals surface area contributed by atoms with Crippen LogP contribution < -0.4 is 4.74 Å². The van der Waals surface area contributed by atoms with Gasteiger partial charge in [-0.15, -0.1) is 0 Å². The summed E-state index contributed by atoms with van der Waals surface area (Å²) < 4.78 is 5.30. The third kappa shape index (κ3) is 2.13. The molecule has 2 rings (SSSR count). The molecule has 0 unspecified atom stereocenters. The van der Waals surface area contributed by atoms with E-state index in [0.29, 0.717) is 11.5 Å². The average Bonchev–Trinajstić information content (AvgIpc) is 2.86. The minimum absolute atomic E-state index is 0.448. The minimum atomic E-state index is 0.448. The highest BCUT2D eigenvalue weighted by Gasteiger charge is 2.10. The van der Waals surface area contributed by atoms with Gasteiger partial charge in [0, 0.05) is 0 Å². The number of nitriles is 1. The lowest BCUT2D eigenvalue weighted by Gasteiger charge is -2.07. The first-order chi connectivity index (χ1) is 8.28. The predicted molar refractivity (Wildman–Crippen MR) is 64.7 cm³/mol. The van der Waals surface area contributed by atoms with Crippen molar-refractivity contribution in [1.29, 1.82) is 5.26 Å². The number of nitrogens with zero attached hydrogens (tertiary/aromatic N) is 2. The van der Waals surface area contributed by atoms with Gasteiger partial charge in [-0.25, -0.2) is 4.98 Å². The van der Waals surface area contributed by atoms with Crippen molar-refractivity contribution >= 4 is 0 Å². The summed E-state index contributed by atoms with van der Waals surface area (Å²) in [5, 5.41) is 8.77. The van der Waals surface area contributed by atoms with Crippen LogP contribution in [-0.4, -0.2) is 17.1 Å². The third-order valence-electron chi connectivity index (χ3n) is 2.62. The molecule has 4 heteroatoms. The molecule has 0 aliphatic carbocycles. The second-order valence-electron chi connectivity index (χ2n) is 3.65. The van der Waals surface area contributed by atoms with Crippen molar-refractivity contribution in [3.8, 4) is 23.2 Å². The summed E-state index contributed by atoms with van der Waals surface area (Å²) in [7, 11) is 1.62. The lowest BCUT2D eigenvalue weighted by Crippen LogP contribution is -1.91. The number of methoxy groups -OCH3 is 1. The summed E-state index contributed by atoms with van der Waals surface area (Å²) in [5.74, 6) is 1.41. The summed E-state index contributed by atoms with van der Waals surface area (Å²) >= 11 is 0. The molecule has 4 nitrogen and oxygen atoms in total. The molecular weight excluding hydrogens is 214 g/mol. The number of benzene rings is 1. The average molecular weight is 227 g/mol. The molecule has 1 heterocycles. The molecule has 1 aromatic heterocycles. The Kier molecular flexibility index (Phi) is 3.10. The van der Waals surface area contributed by atoms with E-state index in [1.54, 1.807) is 7.11 Å². The largest absolute Gasteiger partial charge is 0.496 e. The molecule has 0 atom stereocenters. The van der Waals surface area contributed by atoms with Crippen LogP contribution in [-0.2, 0) is 6.42 Å². The third-order valence-corrected chi connectivity index (χ3v) is 2.62. The van der Waals surface area contributed by atoms with Gasteiger partial charge in [0.2, 0.25) is 0 Å². The lowest BCUT2D eigenvalue weighted by molar-refractivity contribution is 0.416. The first-order valence-corrected chi connectivity index (χ1v) is 5.41. The summed E-state index contributed by atoms with van der Waals surface area (Å²) in [5.41, 5.74) is 2.54. The van der Waals surface area contributed by atoms with Gasteiger partial charge in [-0.2, -0.15) is 5.26 Å². The number of rotatable bonds is 3. The van der Waals surface area contributed by atoms with Gasteiger partial charge in [-0.05, 0) is 24.1 Å². The Morgan fingerprint density at radius 3 is 2.88 bits per heavy atom. The number of ether oxygens (including phenoxy) is 1. The molecule has 0 amide bonds. The molecule has 2 aromatic rings. The molecule has 0 saturated carbocycles. The number of hydrogen-bond donors (Lipinski definition) is 1. The van der Waals surface area contributed by atoms with E-state index in [0.717, 1.165) is 17.7 Å². The van der Waals surface area contributed by atoms with Crippen molar-refractivity contribution in [2.45, 2.75) is 13.3 Å². The molecule has 0 spiro atoms. The van der Waals surface area contributed by atoms with Crippen molar-refractivity contribution in [2.75, 3.05) is 7.11 Å². The van der Waals surface area contributed by atoms with E-state index in [1.165, 1.54) is 11.8 Å². The van der Waals surface area contributed by atoms with Gasteiger partial charge in [-0.3, -0.25) is 0 Å². The van der Waals surface area contributed by atoms with E-state index in [9.17, 15) is 0 Å². The Labute approximate surface area is 99.9 Å². The zero-order chi connectivity index (χ0) is 12.3. The van der Waals surface area contributed by atoms with Gasteiger partial charge < -0.3 is 9.72 Å². The summed E-state index contributed by atoms with van der Waals surface area (Å²) in [6.07, 6.45) is 2.47. The molecule has 0 saturated heterocycles. The fourth-order valence-electron chi connectivity index (χ4n) is 1.68. The maximum atomic E-state index is 8.77. The number of aromatic amines is 1. The van der Waals surface area contributed by atoms with Gasteiger partial charge in [0.1, 0.15) is 23.3 Å². The van der Waals surface area contributed by atoms with E-state index in [-0.39, 0.29) is 0 Å². The van der Waals surface area contributed by atoms with Crippen LogP contribution in [0.4, 0.5) is 0 Å². The highest BCUT2D eigenvalue weighted by Crippen LogP contribution is 2.28. The van der Waals surface area contributed by atoms with Crippen LogP contribution in [0.3, 0.4) is 0 Å². The predicted octanol–water partition coefficient (Wildman–Crippen LogP) is 2.52. The van der Waals surface area contributed by atoms with Crippen LogP contribution in [0.25, 0.3) is 11.4 Å². The standard InChI is InChI=1S/C13H13N3O/c1-3-9-4-5-12(17-2)11(6-9)13-15-8-10(7-14)16-13/h4-6,8H,3H2,1-2H3,(H,15,16). The molecule has 0 fully saturated rings. The maximum absolute atomic E-state index is 8.77. The molecule has 1 aromatic carbocycles. The topological polar surface area (TPSA) is 61.7 Å². The van der Waals surface area contributed by atoms with E-state index in [4.69, 9.17) is 10.00 Å². The van der Waals surface area contributed by atoms with Crippen LogP contribution in [0.2, 0.25) is 0 Å². The Bertz CT molecular complexity index is 566. The summed E-state index contributed by atoms with van der Waals surface area (Å²) in [4.78, 5) is 7.14. The van der Waals surface area contributed by atoms with Crippen molar-refractivity contribution in [3.05, 3.63) is 35.7 Å². The van der Waals surface area contributed by atoms with Gasteiger partial charge in [0.25, 0.3) is 0 Å². The van der Waals surface area contributed by atoms with Crippen LogP contribution >= 0.6 is 0 Å². The monoisotopic (exact) mass is 227 g/mol. The van der Waals surface area contributed by atoms with Crippen molar-refractivity contribution in [3.63, 3.8) is 0 Å². The molecule has 0 radical (unpaired) electrons. The summed E-state index contributed by atoms with van der Waals surface area (Å²) in [6, 6.07) is 7.99. The molecule has 0 aliphatic heterocycles. The smallest absolute Gasteiger partial charge is 0.142 e. The van der Waals surface area contributed by atoms with E-state index < -0.39 is 0 Å². The molecule has 17 heavy (non-hydrogen) atoms. The number of imidazole rings is 1. The normalized spacial score (nSPS) is 9.94. The van der Waals surface area contributed by atoms with Gasteiger partial charge >= 0.3 is 0 Å². The van der Waals surface area contributed by atoms with Gasteiger partial charge in [-0.1, -0.05) is 13.0 Å². The van der Waals surface area contributed by atoms with Crippen LogP contribution in [0.1, 0.15) is 18.2 Å². The highest BCUT2D eigenvalue weighted by atomic mass is 16.5. The fraction of sp³-hybridized carbons (Fsp3) is 0.231. The maximum Gasteiger partial charge on any atom is 0.142 e. The van der Waals surface area contributed by atoms with Crippen molar-refractivity contribution < 1.29 is 4.74 Å². The zero-order valence-electron chi connectivity index (χ0n) is 9.82. The van der Waals surface area contributed by atoms with Crippen LogP contribution in [0.15, 0.2) is 24.4 Å². The Hall–Kier alpha value is -2.28. The number of aromatic nitrogens is 2. The Morgan fingerprint density at radius 2 is 2.29 bits per heavy atom. The van der Waals surface area contributed by atoms with Gasteiger partial charge in [0.05, 0.1) is 18.9 Å². The van der Waals surface area contributed by atoms with Gasteiger partial charge in [0.15, 0.2) is 0 Å². The molecular formula is C13H13N3O. The first kappa shape index (κ1) is 11.2. The number of nitrogens with one attached hydrogen (secondary N) is 1. The minimum Gasteiger partial charge on any atom is -0.496 e. The number of hydrogen-bond acceptors (Lipinski definition) is 3. The Balaban J connectivity index is 2.52. The summed E-state index contributed by atoms with van der Waals surface area (Å²) in [6.45, 7) is 2.09. The van der Waals surface area contributed by atoms with Crippen molar-refractivity contribution in [1.82, 2.24) is 9.97 Å². The molecule has 1 N–H and O–H groups in total. The Morgan fingerprint density at radius 1 is 1.47 bits per heavy atom. The first-order valence-electron chi connectivity index (χ1n) is 5.41. The molecule has 86 valence electrons. The van der Waals surface area contributed by atoms with E-state index in [1.807, 2.05) is 24.3 Å². The van der Waals surface area contributed by atoms with Crippen molar-refractivity contribution in [2.24, 2.45) is 0 Å². The molecule has 0 aliphatic rings. The lowest BCUT2D eigenvalue weighted by atomic mass is 10.1. The van der Waals surface area contributed by atoms with E-state index >= 15 is 0 Å².